The van der Waals surface area contributed by atoms with Crippen molar-refractivity contribution in [3.05, 3.63) is 11.6 Å². The monoisotopic (exact) mass is 1190 g/mol. The van der Waals surface area contributed by atoms with Gasteiger partial charge in [-0.2, -0.15) is 0 Å². The Bertz CT molecular complexity index is 1150. The minimum Gasteiger partial charge on any atom is -0.396 e. The van der Waals surface area contributed by atoms with E-state index < -0.39 is 0 Å². The molecule has 0 saturated carbocycles. The fourth-order valence-electron chi connectivity index (χ4n) is 12.0. The molecule has 0 radical (unpaired) electrons. The van der Waals surface area contributed by atoms with Crippen molar-refractivity contribution in [2.24, 2.45) is 29.6 Å². The number of aliphatic hydroxyl groups excluding tert-OH is 1. The first kappa shape index (κ1) is 87.8. The van der Waals surface area contributed by atoms with Gasteiger partial charge in [-0.15, -0.1) is 0 Å². The van der Waals surface area contributed by atoms with Crippen LogP contribution in [0.5, 0.6) is 0 Å². The van der Waals surface area contributed by atoms with E-state index in [-0.39, 0.29) is 6.29 Å². The smallest absolute Gasteiger partial charge is 0.179 e. The highest BCUT2D eigenvalue weighted by Gasteiger charge is 2.20. The number of ether oxygens (including phenoxy) is 3. The summed E-state index contributed by atoms with van der Waals surface area (Å²) in [6.45, 7) is 31.6. The number of hydrogen-bond acceptors (Lipinski definition) is 4. The maximum absolute atomic E-state index is 8.75. The van der Waals surface area contributed by atoms with Gasteiger partial charge in [0.15, 0.2) is 6.29 Å². The fourth-order valence-corrected chi connectivity index (χ4v) is 12.0. The van der Waals surface area contributed by atoms with Crippen molar-refractivity contribution in [3.8, 4) is 0 Å². The molecule has 5 unspecified atom stereocenters. The first-order chi connectivity index (χ1) is 41.3. The summed E-state index contributed by atoms with van der Waals surface area (Å²) in [6, 6.07) is 0. The van der Waals surface area contributed by atoms with Crippen molar-refractivity contribution < 1.29 is 19.3 Å². The van der Waals surface area contributed by atoms with Gasteiger partial charge in [-0.25, -0.2) is 0 Å². The van der Waals surface area contributed by atoms with Crippen LogP contribution in [0.2, 0.25) is 0 Å². The average molecular weight is 1190 g/mol. The Kier molecular flexibility index (Phi) is 80.3. The molecule has 0 aliphatic rings. The molecule has 0 aliphatic heterocycles. The van der Waals surface area contributed by atoms with Gasteiger partial charge in [0.05, 0.1) is 13.2 Å². The average Bonchev–Trinajstić information content (AvgIpc) is 3.60. The molecule has 1 N–H and O–H groups in total. The Hall–Kier alpha value is -0.420. The number of unbranched alkanes of at least 4 members (excludes halogenated alkanes) is 36. The van der Waals surface area contributed by atoms with Crippen LogP contribution >= 0.6 is 0 Å². The third-order valence-electron chi connectivity index (χ3n) is 18.9. The van der Waals surface area contributed by atoms with Gasteiger partial charge >= 0.3 is 0 Å². The molecule has 4 heteroatoms. The van der Waals surface area contributed by atoms with Crippen molar-refractivity contribution >= 4 is 0 Å². The zero-order chi connectivity index (χ0) is 62.3. The molecule has 0 aromatic heterocycles. The van der Waals surface area contributed by atoms with E-state index >= 15 is 0 Å². The van der Waals surface area contributed by atoms with Gasteiger partial charge in [-0.3, -0.25) is 0 Å². The van der Waals surface area contributed by atoms with Crippen molar-refractivity contribution in [2.45, 2.75) is 443 Å². The van der Waals surface area contributed by atoms with Crippen LogP contribution in [0.4, 0.5) is 0 Å². The predicted octanol–water partition coefficient (Wildman–Crippen LogP) is 28.0. The molecule has 0 spiro atoms. The van der Waals surface area contributed by atoms with E-state index in [1.807, 2.05) is 0 Å². The number of aliphatic hydroxyl groups is 1. The summed E-state index contributed by atoms with van der Waals surface area (Å²) in [5.74, 6) is 3.46. The molecule has 0 bridgehead atoms. The lowest BCUT2D eigenvalue weighted by molar-refractivity contribution is -0.137. The van der Waals surface area contributed by atoms with Gasteiger partial charge in [0.2, 0.25) is 0 Å². The maximum Gasteiger partial charge on any atom is 0.179 e. The van der Waals surface area contributed by atoms with Crippen LogP contribution in [0.1, 0.15) is 436 Å². The third kappa shape index (κ3) is 66.0. The molecule has 0 aromatic carbocycles. The van der Waals surface area contributed by atoms with E-state index in [1.165, 1.54) is 346 Å². The second-order valence-corrected chi connectivity index (χ2v) is 27.1. The molecule has 84 heavy (non-hydrogen) atoms. The minimum absolute atomic E-state index is 0.139. The Morgan fingerprint density at radius 2 is 0.536 bits per heavy atom. The molecule has 0 saturated heterocycles. The Morgan fingerprint density at radius 1 is 0.274 bits per heavy atom. The second kappa shape index (κ2) is 76.8. The van der Waals surface area contributed by atoms with Crippen LogP contribution in [-0.2, 0) is 14.2 Å². The van der Waals surface area contributed by atoms with E-state index in [2.05, 4.69) is 89.2 Å². The molecule has 508 valence electrons. The molecular weight excluding hydrogens is 1020 g/mol. The summed E-state index contributed by atoms with van der Waals surface area (Å²) >= 11 is 0. The lowest BCUT2D eigenvalue weighted by Gasteiger charge is -2.27. The summed E-state index contributed by atoms with van der Waals surface area (Å²) in [7, 11) is 0. The number of allylic oxidation sites excluding steroid dienone is 1. The largest absolute Gasteiger partial charge is 0.396 e. The van der Waals surface area contributed by atoms with Gasteiger partial charge in [0.25, 0.3) is 0 Å². The highest BCUT2D eigenvalue weighted by molar-refractivity contribution is 5.06. The van der Waals surface area contributed by atoms with Crippen LogP contribution in [0.15, 0.2) is 11.6 Å². The van der Waals surface area contributed by atoms with Crippen molar-refractivity contribution in [2.75, 3.05) is 33.0 Å². The Labute approximate surface area is 533 Å². The van der Waals surface area contributed by atoms with Gasteiger partial charge in [0, 0.05) is 19.8 Å². The molecule has 0 aromatic rings. The van der Waals surface area contributed by atoms with Crippen molar-refractivity contribution in [3.63, 3.8) is 0 Å². The first-order valence-corrected chi connectivity index (χ1v) is 39.4. The van der Waals surface area contributed by atoms with Crippen LogP contribution in [0.3, 0.4) is 0 Å². The third-order valence-corrected chi connectivity index (χ3v) is 18.9. The molecule has 0 fully saturated rings. The van der Waals surface area contributed by atoms with E-state index in [1.54, 1.807) is 0 Å². The molecule has 0 aliphatic carbocycles. The molecular formula is C80H164O4. The Morgan fingerprint density at radius 3 is 0.857 bits per heavy atom. The summed E-state index contributed by atoms with van der Waals surface area (Å²) in [5.41, 5.74) is 1.45. The van der Waals surface area contributed by atoms with Crippen LogP contribution in [0.25, 0.3) is 0 Å². The van der Waals surface area contributed by atoms with Crippen LogP contribution in [-0.4, -0.2) is 44.4 Å². The minimum atomic E-state index is -0.139. The lowest BCUT2D eigenvalue weighted by Crippen LogP contribution is -2.26. The van der Waals surface area contributed by atoms with Crippen LogP contribution in [0, 0.1) is 29.6 Å². The summed E-state index contributed by atoms with van der Waals surface area (Å²) in [4.78, 5) is 0. The number of hydrogen-bond donors (Lipinski definition) is 1. The first-order valence-electron chi connectivity index (χ1n) is 39.4. The van der Waals surface area contributed by atoms with Gasteiger partial charge < -0.3 is 19.3 Å². The zero-order valence-electron chi connectivity index (χ0n) is 60.6. The SMILES string of the molecule is CCCCC(CC)CO.CCCCCCCCCCC/C=C(\CCCCCCCCCC)C(OCC(CC)CCCC)OCC(CC)CCCC.CCCCCCCCCCCCC(CCCCCCCCCC)COCC(CC)CCCC. The highest BCUT2D eigenvalue weighted by Crippen LogP contribution is 2.26. The Balaban J connectivity index is -0.00000139. The summed E-state index contributed by atoms with van der Waals surface area (Å²) in [5, 5.41) is 8.75. The standard InChI is InChI=1S/C40H80O2.C32H66O.C8H18O/c1-7-13-17-19-21-23-24-26-28-30-34-39(33-29-27-25-22-20-18-14-8-2)40(41-35-37(11-5)31-15-9-3)42-36-38(12-6)32-16-10-4;1-5-9-12-14-16-18-19-21-23-25-28-32(27-24-22-20-17-15-13-10-6-2)30-33-29-31(8-4)26-11-7-3;1-3-5-6-8(4-2)7-9/h34,37-38,40H,7-33,35-36H2,1-6H3;31-32H,5-30H2,1-4H3;8-9H,3-7H2,1-2H3/b39-34+;;. The predicted molar refractivity (Wildman–Crippen MR) is 381 cm³/mol. The van der Waals surface area contributed by atoms with Crippen molar-refractivity contribution in [1.29, 1.82) is 0 Å². The molecule has 0 amide bonds. The lowest BCUT2D eigenvalue weighted by atomic mass is 9.94. The summed E-state index contributed by atoms with van der Waals surface area (Å²) < 4.78 is 19.8. The normalized spacial score (nSPS) is 13.9. The molecule has 5 atom stereocenters. The summed E-state index contributed by atoms with van der Waals surface area (Å²) in [6.07, 6.45) is 77.2. The fraction of sp³-hybridized carbons (Fsp3) is 0.975. The van der Waals surface area contributed by atoms with E-state index in [9.17, 15) is 0 Å². The highest BCUT2D eigenvalue weighted by atomic mass is 16.7. The maximum atomic E-state index is 8.75. The van der Waals surface area contributed by atoms with Gasteiger partial charge in [-0.05, 0) is 99.4 Å². The topological polar surface area (TPSA) is 47.9 Å². The van der Waals surface area contributed by atoms with E-state index in [4.69, 9.17) is 19.3 Å². The molecule has 0 rings (SSSR count). The zero-order valence-corrected chi connectivity index (χ0v) is 60.6. The molecule has 4 nitrogen and oxygen atoms in total. The van der Waals surface area contributed by atoms with Crippen molar-refractivity contribution in [1.82, 2.24) is 0 Å². The quantitative estimate of drug-likeness (QED) is 0.0375. The number of rotatable bonds is 67. The van der Waals surface area contributed by atoms with E-state index in [0.717, 1.165) is 51.1 Å². The van der Waals surface area contributed by atoms with E-state index in [0.29, 0.717) is 24.4 Å². The van der Waals surface area contributed by atoms with Gasteiger partial charge in [0.1, 0.15) is 0 Å². The molecule has 0 heterocycles. The second-order valence-electron chi connectivity index (χ2n) is 27.1. The van der Waals surface area contributed by atoms with Gasteiger partial charge in [-0.1, -0.05) is 378 Å². The van der Waals surface area contributed by atoms with Crippen LogP contribution < -0.4 is 0 Å².